The number of methoxy groups -OCH3 is 1. The highest BCUT2D eigenvalue weighted by atomic mass is 32.2. The van der Waals surface area contributed by atoms with E-state index in [0.717, 1.165) is 23.2 Å². The lowest BCUT2D eigenvalue weighted by Crippen LogP contribution is -2.30. The Bertz CT molecular complexity index is 1140. The number of hydrogen-bond acceptors (Lipinski definition) is 5. The fourth-order valence-corrected chi connectivity index (χ4v) is 4.43. The molecule has 0 aliphatic carbocycles. The van der Waals surface area contributed by atoms with Crippen LogP contribution in [0.5, 0.6) is 11.5 Å². The number of hydrogen-bond donors (Lipinski definition) is 2. The van der Waals surface area contributed by atoms with Crippen molar-refractivity contribution in [2.45, 2.75) is 32.4 Å². The Morgan fingerprint density at radius 3 is 2.42 bits per heavy atom. The Kier molecular flexibility index (Phi) is 7.25. The maximum Gasteiger partial charge on any atom is 0.260 e. The summed E-state index contributed by atoms with van der Waals surface area (Å²) in [4.78, 5) is 13.1. The first-order chi connectivity index (χ1) is 16.0. The van der Waals surface area contributed by atoms with Crippen LogP contribution in [0.25, 0.3) is 6.08 Å². The van der Waals surface area contributed by atoms with Gasteiger partial charge in [-0.15, -0.1) is 0 Å². The van der Waals surface area contributed by atoms with Gasteiger partial charge in [0.2, 0.25) is 0 Å². The molecule has 1 heterocycles. The van der Waals surface area contributed by atoms with E-state index in [1.165, 1.54) is 22.9 Å². The van der Waals surface area contributed by atoms with Gasteiger partial charge in [0.15, 0.2) is 17.0 Å². The number of aryl methyl sites for hydroxylation is 2. The van der Waals surface area contributed by atoms with Crippen LogP contribution in [0, 0.1) is 6.92 Å². The van der Waals surface area contributed by atoms with Gasteiger partial charge in [-0.3, -0.25) is 4.79 Å². The number of nitrogens with one attached hydrogen (secondary N) is 2. The molecule has 1 fully saturated rings. The lowest BCUT2D eigenvalue weighted by Gasteiger charge is -2.13. The van der Waals surface area contributed by atoms with Gasteiger partial charge in [0.05, 0.1) is 12.0 Å². The first kappa shape index (κ1) is 22.8. The molecule has 1 aliphatic heterocycles. The van der Waals surface area contributed by atoms with Crippen LogP contribution in [-0.4, -0.2) is 18.5 Å². The molecule has 0 spiro atoms. The molecule has 0 saturated carbocycles. The number of amides is 1. The normalized spacial score (nSPS) is 16.5. The van der Waals surface area contributed by atoms with Crippen LogP contribution in [0.4, 0.5) is 5.69 Å². The van der Waals surface area contributed by atoms with Gasteiger partial charge in [-0.25, -0.2) is 0 Å². The van der Waals surface area contributed by atoms with Gasteiger partial charge in [-0.05, 0) is 60.4 Å². The van der Waals surface area contributed by atoms with E-state index in [-0.39, 0.29) is 11.4 Å². The Balaban J connectivity index is 1.41. The van der Waals surface area contributed by atoms with Crippen molar-refractivity contribution in [1.29, 1.82) is 0 Å². The molecule has 6 heteroatoms. The maximum absolute atomic E-state index is 12.5. The van der Waals surface area contributed by atoms with E-state index < -0.39 is 0 Å². The highest BCUT2D eigenvalue weighted by molar-refractivity contribution is 8.05. The number of thioether (sulfide) groups is 1. The second-order valence-electron chi connectivity index (χ2n) is 7.86. The second kappa shape index (κ2) is 10.5. The van der Waals surface area contributed by atoms with Crippen molar-refractivity contribution in [3.8, 4) is 11.5 Å². The van der Waals surface area contributed by atoms with Crippen molar-refractivity contribution in [3.63, 3.8) is 0 Å². The maximum atomic E-state index is 12.5. The van der Waals surface area contributed by atoms with Crippen LogP contribution >= 0.6 is 11.8 Å². The molecule has 3 aromatic rings. The minimum Gasteiger partial charge on any atom is -0.493 e. The average Bonchev–Trinajstić information content (AvgIpc) is 3.17. The summed E-state index contributed by atoms with van der Waals surface area (Å²) in [6.45, 7) is 4.65. The van der Waals surface area contributed by atoms with E-state index in [1.807, 2.05) is 36.4 Å². The molecule has 1 saturated heterocycles. The molecule has 1 amide bonds. The minimum absolute atomic E-state index is 0.0960. The lowest BCUT2D eigenvalue weighted by molar-refractivity contribution is -0.116. The van der Waals surface area contributed by atoms with Crippen molar-refractivity contribution >= 4 is 29.4 Å². The molecule has 0 unspecified atom stereocenters. The third kappa shape index (κ3) is 5.90. The Labute approximate surface area is 199 Å². The third-order valence-corrected chi connectivity index (χ3v) is 6.42. The number of anilines is 1. The molecule has 2 N–H and O–H groups in total. The van der Waals surface area contributed by atoms with Crippen LogP contribution in [0.2, 0.25) is 0 Å². The minimum atomic E-state index is -0.213. The number of ether oxygens (including phenoxy) is 2. The van der Waals surface area contributed by atoms with Gasteiger partial charge in [0.25, 0.3) is 5.91 Å². The van der Waals surface area contributed by atoms with Gasteiger partial charge in [-0.2, -0.15) is 0 Å². The van der Waals surface area contributed by atoms with Gasteiger partial charge >= 0.3 is 0 Å². The van der Waals surface area contributed by atoms with Crippen molar-refractivity contribution in [3.05, 3.63) is 93.9 Å². The van der Waals surface area contributed by atoms with E-state index in [9.17, 15) is 4.79 Å². The molecular formula is C27H28N2O3S. The molecule has 0 bridgehead atoms. The summed E-state index contributed by atoms with van der Waals surface area (Å²) in [6, 6.07) is 22.2. The zero-order valence-corrected chi connectivity index (χ0v) is 19.9. The molecule has 3 aromatic carbocycles. The topological polar surface area (TPSA) is 59.6 Å². The van der Waals surface area contributed by atoms with Crippen molar-refractivity contribution in [1.82, 2.24) is 5.32 Å². The highest BCUT2D eigenvalue weighted by Crippen LogP contribution is 2.33. The van der Waals surface area contributed by atoms with Crippen LogP contribution < -0.4 is 20.1 Å². The molecule has 1 aliphatic rings. The fourth-order valence-electron chi connectivity index (χ4n) is 3.44. The quantitative estimate of drug-likeness (QED) is 0.420. The van der Waals surface area contributed by atoms with Crippen LogP contribution in [0.3, 0.4) is 0 Å². The Morgan fingerprint density at radius 2 is 1.73 bits per heavy atom. The number of benzene rings is 3. The Hall–Kier alpha value is -3.38. The molecule has 5 nitrogen and oxygen atoms in total. The van der Waals surface area contributed by atoms with Crippen molar-refractivity contribution in [2.24, 2.45) is 0 Å². The smallest absolute Gasteiger partial charge is 0.260 e. The van der Waals surface area contributed by atoms with Gasteiger partial charge in [0.1, 0.15) is 6.61 Å². The standard InChI is InChI=1S/C27H28N2O3S/c1-4-19-9-12-22(13-10-19)28-27-29-26(30)25(33-27)16-21-11-14-23(24(15-21)31-3)32-17-20-7-5-18(2)6-8-20/h5-16,27-28H,4,17H2,1-3H3,(H,29,30)/b25-16-/t27-/m1/s1. The SMILES string of the molecule is CCc1ccc(N[C@@H]2NC(=O)/C(=C/c3ccc(OCc4ccc(C)cc4)c(OC)c3)S2)cc1. The van der Waals surface area contributed by atoms with Crippen molar-refractivity contribution < 1.29 is 14.3 Å². The molecule has 170 valence electrons. The van der Waals surface area contributed by atoms with Crippen LogP contribution in [0.15, 0.2) is 71.6 Å². The Morgan fingerprint density at radius 1 is 1.00 bits per heavy atom. The monoisotopic (exact) mass is 460 g/mol. The van der Waals surface area contributed by atoms with Crippen LogP contribution in [0.1, 0.15) is 29.2 Å². The van der Waals surface area contributed by atoms with E-state index >= 15 is 0 Å². The molecule has 4 rings (SSSR count). The summed E-state index contributed by atoms with van der Waals surface area (Å²) in [5.41, 5.74) is 5.23. The highest BCUT2D eigenvalue weighted by Gasteiger charge is 2.27. The summed E-state index contributed by atoms with van der Waals surface area (Å²) < 4.78 is 11.5. The van der Waals surface area contributed by atoms with Gasteiger partial charge in [-0.1, -0.05) is 66.7 Å². The molecule has 1 atom stereocenters. The van der Waals surface area contributed by atoms with Gasteiger partial charge in [0, 0.05) is 5.69 Å². The predicted octanol–water partition coefficient (Wildman–Crippen LogP) is 5.74. The number of carbonyl (C=O) groups is 1. The summed E-state index contributed by atoms with van der Waals surface area (Å²) in [5.74, 6) is 1.20. The largest absolute Gasteiger partial charge is 0.493 e. The van der Waals surface area contributed by atoms with E-state index in [4.69, 9.17) is 9.47 Å². The fraction of sp³-hybridized carbons (Fsp3) is 0.222. The lowest BCUT2D eigenvalue weighted by atomic mass is 10.1. The molecular weight excluding hydrogens is 432 g/mol. The van der Waals surface area contributed by atoms with E-state index in [1.54, 1.807) is 7.11 Å². The third-order valence-electron chi connectivity index (χ3n) is 5.39. The number of carbonyl (C=O) groups excluding carboxylic acids is 1. The van der Waals surface area contributed by atoms with E-state index in [0.29, 0.717) is 23.0 Å². The predicted molar refractivity (Wildman–Crippen MR) is 135 cm³/mol. The van der Waals surface area contributed by atoms with Crippen LogP contribution in [-0.2, 0) is 17.8 Å². The first-order valence-electron chi connectivity index (χ1n) is 10.9. The molecule has 33 heavy (non-hydrogen) atoms. The average molecular weight is 461 g/mol. The zero-order valence-electron chi connectivity index (χ0n) is 19.1. The van der Waals surface area contributed by atoms with E-state index in [2.05, 4.69) is 60.9 Å². The second-order valence-corrected chi connectivity index (χ2v) is 9.01. The zero-order chi connectivity index (χ0) is 23.2. The molecule has 0 radical (unpaired) electrons. The van der Waals surface area contributed by atoms with Gasteiger partial charge < -0.3 is 20.1 Å². The van der Waals surface area contributed by atoms with Crippen molar-refractivity contribution in [2.75, 3.05) is 12.4 Å². The summed E-state index contributed by atoms with van der Waals surface area (Å²) in [7, 11) is 1.62. The number of rotatable bonds is 8. The summed E-state index contributed by atoms with van der Waals surface area (Å²) in [5, 5.41) is 6.32. The molecule has 0 aromatic heterocycles. The summed E-state index contributed by atoms with van der Waals surface area (Å²) in [6.07, 6.45) is 2.87. The summed E-state index contributed by atoms with van der Waals surface area (Å²) >= 11 is 1.46. The first-order valence-corrected chi connectivity index (χ1v) is 11.8.